The van der Waals surface area contributed by atoms with Crippen LogP contribution in [0, 0.1) is 64.1 Å². The molecule has 0 saturated heterocycles. The highest BCUT2D eigenvalue weighted by Gasteiger charge is 2.41. The Hall–Kier alpha value is -2.98. The van der Waals surface area contributed by atoms with Crippen molar-refractivity contribution in [2.45, 2.75) is 39.0 Å². The number of hydrogen-bond donors (Lipinski definition) is 0. The van der Waals surface area contributed by atoms with Crippen LogP contribution in [0.1, 0.15) is 39.0 Å². The molecule has 0 atom stereocenters. The number of allylic oxidation sites excluding steroid dienone is 6. The van der Waals surface area contributed by atoms with E-state index in [9.17, 15) is 43.9 Å². The van der Waals surface area contributed by atoms with Crippen LogP contribution in [0.4, 0.5) is 43.9 Å². The molecule has 2 aromatic carbocycles. The summed E-state index contributed by atoms with van der Waals surface area (Å²) in [6.45, 7) is -0.797. The van der Waals surface area contributed by atoms with Crippen LogP contribution in [0.3, 0.4) is 0 Å². The van der Waals surface area contributed by atoms with Crippen LogP contribution in [0.15, 0.2) is 35.9 Å². The van der Waals surface area contributed by atoms with Crippen molar-refractivity contribution < 1.29 is 43.9 Å². The number of hydrogen-bond acceptors (Lipinski definition) is 0. The van der Waals surface area contributed by atoms with Gasteiger partial charge in [0, 0.05) is 10.9 Å². The highest BCUT2D eigenvalue weighted by Crippen LogP contribution is 2.26. The van der Waals surface area contributed by atoms with E-state index in [-0.39, 0.29) is 30.7 Å². The van der Waals surface area contributed by atoms with Crippen molar-refractivity contribution in [1.82, 2.24) is 0 Å². The van der Waals surface area contributed by atoms with Gasteiger partial charge in [-0.2, -0.15) is 0 Å². The zero-order valence-corrected chi connectivity index (χ0v) is 18.9. The second kappa shape index (κ2) is 11.4. The zero-order valence-electron chi connectivity index (χ0n) is 18.9. The lowest BCUT2D eigenvalue weighted by Crippen LogP contribution is -2.52. The van der Waals surface area contributed by atoms with Gasteiger partial charge in [0.25, 0.3) is 6.71 Å². The number of rotatable bonds is 9. The summed E-state index contributed by atoms with van der Waals surface area (Å²) in [5, 5.41) is 0. The van der Waals surface area contributed by atoms with E-state index in [0.29, 0.717) is 12.8 Å². The van der Waals surface area contributed by atoms with Crippen LogP contribution in [-0.2, 0) is 0 Å². The van der Waals surface area contributed by atoms with Crippen molar-refractivity contribution in [2.75, 3.05) is 0 Å². The van der Waals surface area contributed by atoms with Gasteiger partial charge in [-0.3, -0.25) is 0 Å². The third-order valence-electron chi connectivity index (χ3n) is 5.96. The van der Waals surface area contributed by atoms with Crippen molar-refractivity contribution in [2.24, 2.45) is 5.92 Å². The Kier molecular flexibility index (Phi) is 8.73. The molecule has 11 heteroatoms. The summed E-state index contributed by atoms with van der Waals surface area (Å²) in [6, 6.07) is 0. The van der Waals surface area contributed by atoms with E-state index in [1.54, 1.807) is 19.1 Å². The minimum atomic E-state index is -2.52. The van der Waals surface area contributed by atoms with Gasteiger partial charge in [0.1, 0.15) is 0 Å². The average Bonchev–Trinajstić information content (AvgIpc) is 3.39. The van der Waals surface area contributed by atoms with Crippen molar-refractivity contribution in [3.05, 3.63) is 94.0 Å². The minimum Gasteiger partial charge on any atom is -0.204 e. The molecule has 192 valence electrons. The van der Waals surface area contributed by atoms with E-state index in [2.05, 4.69) is 0 Å². The molecule has 0 amide bonds. The smallest absolute Gasteiger partial charge is 0.204 e. The molecular weight excluding hydrogens is 501 g/mol. The Morgan fingerprint density at radius 3 is 1.44 bits per heavy atom. The molecule has 0 N–H and O–H groups in total. The van der Waals surface area contributed by atoms with Crippen molar-refractivity contribution in [3.63, 3.8) is 0 Å². The van der Waals surface area contributed by atoms with Crippen molar-refractivity contribution in [3.8, 4) is 0 Å². The fraction of sp³-hybridized carbons (Fsp3) is 0.280. The van der Waals surface area contributed by atoms with Crippen LogP contribution < -0.4 is 10.9 Å². The molecule has 0 fully saturated rings. The molecule has 0 aromatic heterocycles. The molecule has 0 spiro atoms. The third kappa shape index (κ3) is 5.10. The molecule has 1 aliphatic rings. The van der Waals surface area contributed by atoms with E-state index >= 15 is 0 Å². The average molecular weight is 520 g/mol. The lowest BCUT2D eigenvalue weighted by molar-refractivity contribution is 0.382. The van der Waals surface area contributed by atoms with Gasteiger partial charge < -0.3 is 0 Å². The van der Waals surface area contributed by atoms with Gasteiger partial charge in [-0.25, -0.2) is 43.9 Å². The normalized spacial score (nSPS) is 13.8. The first-order valence-corrected chi connectivity index (χ1v) is 11.1. The topological polar surface area (TPSA) is 0 Å². The Balaban J connectivity index is 2.29. The molecular formula is C25H19BF10. The van der Waals surface area contributed by atoms with Gasteiger partial charge in [0.05, 0.1) is 0 Å². The first kappa shape index (κ1) is 27.6. The fourth-order valence-corrected chi connectivity index (χ4v) is 4.17. The maximum absolute atomic E-state index is 14.9. The number of unbranched alkanes of at least 4 members (excludes halogenated alkanes) is 1. The SMILES string of the molecule is CCC/C=C(/CCCC1C=CC=C1)B(c1c(F)c(F)c(F)c(F)c1F)c1c(F)c(F)c(F)c(F)c1F. The van der Waals surface area contributed by atoms with Gasteiger partial charge in [0.2, 0.25) is 0 Å². The van der Waals surface area contributed by atoms with Crippen LogP contribution in [-0.4, -0.2) is 6.71 Å². The summed E-state index contributed by atoms with van der Waals surface area (Å²) < 4.78 is 143. The molecule has 0 saturated carbocycles. The van der Waals surface area contributed by atoms with E-state index < -0.39 is 75.8 Å². The highest BCUT2D eigenvalue weighted by atomic mass is 19.2. The Morgan fingerprint density at radius 2 is 1.06 bits per heavy atom. The Labute approximate surface area is 201 Å². The summed E-state index contributed by atoms with van der Waals surface area (Å²) in [5.41, 5.74) is -3.63. The molecule has 0 aliphatic heterocycles. The third-order valence-corrected chi connectivity index (χ3v) is 5.96. The van der Waals surface area contributed by atoms with Crippen molar-refractivity contribution >= 4 is 17.6 Å². The van der Waals surface area contributed by atoms with Gasteiger partial charge in [-0.1, -0.05) is 49.2 Å². The summed E-state index contributed by atoms with van der Waals surface area (Å²) in [6.07, 6.45) is 9.49. The molecule has 1 aliphatic carbocycles. The molecule has 0 nitrogen and oxygen atoms in total. The van der Waals surface area contributed by atoms with E-state index in [1.807, 2.05) is 12.2 Å². The standard InChI is InChI=1S/C25H19BF10/c1-2-3-10-13(11-6-9-12-7-4-5-8-12)26(14-16(27)20(31)24(35)21(32)17(14)28)15-18(29)22(33)25(36)23(34)19(15)30/h4-5,7-8,10,12H,2-3,6,9,11H2,1H3/b13-10-. The lowest BCUT2D eigenvalue weighted by atomic mass is 9.35. The molecule has 0 radical (unpaired) electrons. The molecule has 0 heterocycles. The van der Waals surface area contributed by atoms with Gasteiger partial charge in [0.15, 0.2) is 58.2 Å². The zero-order chi connectivity index (χ0) is 26.7. The predicted molar refractivity (Wildman–Crippen MR) is 116 cm³/mol. The first-order valence-electron chi connectivity index (χ1n) is 11.1. The van der Waals surface area contributed by atoms with Crippen molar-refractivity contribution in [1.29, 1.82) is 0 Å². The molecule has 36 heavy (non-hydrogen) atoms. The summed E-state index contributed by atoms with van der Waals surface area (Å²) in [7, 11) is 0. The van der Waals surface area contributed by atoms with E-state index in [1.165, 1.54) is 6.08 Å². The number of halogens is 10. The maximum atomic E-state index is 14.9. The van der Waals surface area contributed by atoms with Crippen LogP contribution in [0.25, 0.3) is 0 Å². The second-order valence-electron chi connectivity index (χ2n) is 8.29. The van der Waals surface area contributed by atoms with Crippen LogP contribution in [0.2, 0.25) is 0 Å². The lowest BCUT2D eigenvalue weighted by Gasteiger charge is -2.23. The van der Waals surface area contributed by atoms with Crippen LogP contribution >= 0.6 is 0 Å². The highest BCUT2D eigenvalue weighted by molar-refractivity contribution is 6.91. The fourth-order valence-electron chi connectivity index (χ4n) is 4.17. The maximum Gasteiger partial charge on any atom is 0.252 e. The van der Waals surface area contributed by atoms with Gasteiger partial charge in [-0.15, -0.1) is 0 Å². The van der Waals surface area contributed by atoms with E-state index in [0.717, 1.165) is 0 Å². The van der Waals surface area contributed by atoms with Gasteiger partial charge in [-0.05, 0) is 31.6 Å². The Bertz CT molecular complexity index is 1110. The predicted octanol–water partition coefficient (Wildman–Crippen LogP) is 6.86. The van der Waals surface area contributed by atoms with Gasteiger partial charge >= 0.3 is 0 Å². The summed E-state index contributed by atoms with van der Waals surface area (Å²) in [5.74, 6) is -24.4. The number of benzene rings is 2. The molecule has 2 aromatic rings. The first-order chi connectivity index (χ1) is 17.0. The summed E-state index contributed by atoms with van der Waals surface area (Å²) in [4.78, 5) is 0. The molecule has 0 bridgehead atoms. The molecule has 0 unspecified atom stereocenters. The quantitative estimate of drug-likeness (QED) is 0.147. The monoisotopic (exact) mass is 520 g/mol. The molecule has 3 rings (SSSR count). The minimum absolute atomic E-state index is 0.0285. The van der Waals surface area contributed by atoms with Crippen LogP contribution in [0.5, 0.6) is 0 Å². The second-order valence-corrected chi connectivity index (χ2v) is 8.29. The Morgan fingerprint density at radius 1 is 0.667 bits per heavy atom. The largest absolute Gasteiger partial charge is 0.252 e. The summed E-state index contributed by atoms with van der Waals surface area (Å²) >= 11 is 0. The van der Waals surface area contributed by atoms with E-state index in [4.69, 9.17) is 0 Å².